The molecule has 1 unspecified atom stereocenters. The van der Waals surface area contributed by atoms with Crippen molar-refractivity contribution in [2.24, 2.45) is 5.92 Å². The topological polar surface area (TPSA) is 32.7 Å². The molecule has 3 heteroatoms. The number of aryl methyl sites for hydroxylation is 2. The normalized spacial score (nSPS) is 12.8. The number of aliphatic hydroxyl groups is 1. The average Bonchev–Trinajstić information content (AvgIpc) is 2.38. The van der Waals surface area contributed by atoms with Gasteiger partial charge in [0.05, 0.1) is 7.11 Å². The first kappa shape index (κ1) is 16.0. The lowest BCUT2D eigenvalue weighted by molar-refractivity contribution is 0.172. The van der Waals surface area contributed by atoms with E-state index < -0.39 is 0 Å². The van der Waals surface area contributed by atoms with Gasteiger partial charge in [0.25, 0.3) is 0 Å². The molecule has 0 bridgehead atoms. The van der Waals surface area contributed by atoms with Crippen LogP contribution in [-0.2, 0) is 6.54 Å². The van der Waals surface area contributed by atoms with Gasteiger partial charge in [-0.3, -0.25) is 0 Å². The Kier molecular flexibility index (Phi) is 6.32. The van der Waals surface area contributed by atoms with E-state index in [1.165, 1.54) is 16.7 Å². The standard InChI is InChI=1S/C16H27NO2/c1-6-14(11-18)9-17(4)10-15-13(3)7-12(2)8-16(15)19-5/h7-8,14,18H,6,9-11H2,1-5H3. The lowest BCUT2D eigenvalue weighted by atomic mass is 10.0. The van der Waals surface area contributed by atoms with Crippen LogP contribution in [0.15, 0.2) is 12.1 Å². The zero-order valence-electron chi connectivity index (χ0n) is 12.9. The molecule has 0 aliphatic rings. The molecule has 0 fully saturated rings. The Bertz CT molecular complexity index is 400. The van der Waals surface area contributed by atoms with Crippen LogP contribution >= 0.6 is 0 Å². The molecule has 0 amide bonds. The lowest BCUT2D eigenvalue weighted by Crippen LogP contribution is -2.27. The number of hydrogen-bond acceptors (Lipinski definition) is 3. The zero-order chi connectivity index (χ0) is 14.4. The van der Waals surface area contributed by atoms with Gasteiger partial charge in [-0.2, -0.15) is 0 Å². The second-order valence-electron chi connectivity index (χ2n) is 5.42. The molecule has 0 aromatic heterocycles. The minimum absolute atomic E-state index is 0.255. The maximum Gasteiger partial charge on any atom is 0.123 e. The van der Waals surface area contributed by atoms with Gasteiger partial charge in [-0.25, -0.2) is 0 Å². The summed E-state index contributed by atoms with van der Waals surface area (Å²) in [7, 11) is 3.82. The Hall–Kier alpha value is -1.06. The van der Waals surface area contributed by atoms with Crippen molar-refractivity contribution >= 4 is 0 Å². The average molecular weight is 265 g/mol. The third kappa shape index (κ3) is 4.51. The molecule has 0 saturated carbocycles. The molecule has 1 aromatic carbocycles. The maximum absolute atomic E-state index is 9.28. The highest BCUT2D eigenvalue weighted by molar-refractivity contribution is 5.42. The van der Waals surface area contributed by atoms with Gasteiger partial charge in [0.1, 0.15) is 5.75 Å². The molecular formula is C16H27NO2. The van der Waals surface area contributed by atoms with E-state index in [9.17, 15) is 5.11 Å². The van der Waals surface area contributed by atoms with Crippen molar-refractivity contribution in [3.63, 3.8) is 0 Å². The summed E-state index contributed by atoms with van der Waals surface area (Å²) in [6.45, 7) is 8.34. The molecule has 0 aliphatic heterocycles. The van der Waals surface area contributed by atoms with Gasteiger partial charge in [0.2, 0.25) is 0 Å². The third-order valence-electron chi connectivity index (χ3n) is 3.63. The van der Waals surface area contributed by atoms with Crippen LogP contribution < -0.4 is 4.74 Å². The fourth-order valence-electron chi connectivity index (χ4n) is 2.43. The molecule has 108 valence electrons. The van der Waals surface area contributed by atoms with Crippen molar-refractivity contribution in [2.75, 3.05) is 27.3 Å². The predicted molar refractivity (Wildman–Crippen MR) is 79.7 cm³/mol. The summed E-state index contributed by atoms with van der Waals surface area (Å²) in [6.07, 6.45) is 1.00. The van der Waals surface area contributed by atoms with Crippen LogP contribution in [0.25, 0.3) is 0 Å². The highest BCUT2D eigenvalue weighted by Crippen LogP contribution is 2.25. The second-order valence-corrected chi connectivity index (χ2v) is 5.42. The summed E-state index contributed by atoms with van der Waals surface area (Å²) < 4.78 is 5.49. The summed E-state index contributed by atoms with van der Waals surface area (Å²) in [5.41, 5.74) is 3.73. The number of ether oxygens (including phenoxy) is 1. The van der Waals surface area contributed by atoms with Crippen molar-refractivity contribution in [3.8, 4) is 5.75 Å². The summed E-state index contributed by atoms with van der Waals surface area (Å²) >= 11 is 0. The Morgan fingerprint density at radius 1 is 1.32 bits per heavy atom. The van der Waals surface area contributed by atoms with Gasteiger partial charge in [-0.1, -0.05) is 13.0 Å². The Balaban J connectivity index is 2.81. The summed E-state index contributed by atoms with van der Waals surface area (Å²) in [5.74, 6) is 1.31. The molecule has 1 rings (SSSR count). The van der Waals surface area contributed by atoms with Crippen molar-refractivity contribution in [1.82, 2.24) is 4.90 Å². The zero-order valence-corrected chi connectivity index (χ0v) is 12.9. The van der Waals surface area contributed by atoms with Gasteiger partial charge < -0.3 is 14.7 Å². The van der Waals surface area contributed by atoms with Gasteiger partial charge in [-0.05, 0) is 50.4 Å². The number of rotatable bonds is 7. The summed E-state index contributed by atoms with van der Waals surface area (Å²) in [6, 6.07) is 4.27. The highest BCUT2D eigenvalue weighted by atomic mass is 16.5. The van der Waals surface area contributed by atoms with E-state index in [4.69, 9.17) is 4.74 Å². The van der Waals surface area contributed by atoms with Crippen LogP contribution in [0.4, 0.5) is 0 Å². The maximum atomic E-state index is 9.28. The smallest absolute Gasteiger partial charge is 0.123 e. The molecule has 0 radical (unpaired) electrons. The fourth-order valence-corrected chi connectivity index (χ4v) is 2.43. The van der Waals surface area contributed by atoms with Crippen LogP contribution in [0.3, 0.4) is 0 Å². The Labute approximate surface area is 117 Å². The molecule has 19 heavy (non-hydrogen) atoms. The van der Waals surface area contributed by atoms with E-state index in [0.717, 1.165) is 25.3 Å². The van der Waals surface area contributed by atoms with Gasteiger partial charge in [0, 0.05) is 25.3 Å². The molecule has 3 nitrogen and oxygen atoms in total. The Morgan fingerprint density at radius 2 is 2.00 bits per heavy atom. The van der Waals surface area contributed by atoms with Crippen LogP contribution in [-0.4, -0.2) is 37.3 Å². The number of nitrogens with zero attached hydrogens (tertiary/aromatic N) is 1. The van der Waals surface area contributed by atoms with E-state index in [0.29, 0.717) is 5.92 Å². The molecule has 0 saturated heterocycles. The summed E-state index contributed by atoms with van der Waals surface area (Å²) in [5, 5.41) is 9.28. The van der Waals surface area contributed by atoms with Crippen LogP contribution in [0, 0.1) is 19.8 Å². The van der Waals surface area contributed by atoms with Gasteiger partial charge in [0.15, 0.2) is 0 Å². The minimum atomic E-state index is 0.255. The molecule has 0 aliphatic carbocycles. The first-order valence-corrected chi connectivity index (χ1v) is 6.95. The molecule has 0 heterocycles. The molecule has 1 N–H and O–H groups in total. The molecule has 0 spiro atoms. The van der Waals surface area contributed by atoms with E-state index >= 15 is 0 Å². The molecule has 1 aromatic rings. The van der Waals surface area contributed by atoms with Gasteiger partial charge in [-0.15, -0.1) is 0 Å². The van der Waals surface area contributed by atoms with E-state index in [1.807, 2.05) is 0 Å². The molecule has 1 atom stereocenters. The first-order valence-electron chi connectivity index (χ1n) is 6.95. The first-order chi connectivity index (χ1) is 9.01. The quantitative estimate of drug-likeness (QED) is 0.823. The van der Waals surface area contributed by atoms with Crippen LogP contribution in [0.5, 0.6) is 5.75 Å². The van der Waals surface area contributed by atoms with Crippen LogP contribution in [0.2, 0.25) is 0 Å². The van der Waals surface area contributed by atoms with Crippen molar-refractivity contribution in [2.45, 2.75) is 33.7 Å². The summed E-state index contributed by atoms with van der Waals surface area (Å²) in [4.78, 5) is 2.25. The largest absolute Gasteiger partial charge is 0.496 e. The lowest BCUT2D eigenvalue weighted by Gasteiger charge is -2.24. The fraction of sp³-hybridized carbons (Fsp3) is 0.625. The third-order valence-corrected chi connectivity index (χ3v) is 3.63. The number of methoxy groups -OCH3 is 1. The highest BCUT2D eigenvalue weighted by Gasteiger charge is 2.13. The number of aliphatic hydroxyl groups excluding tert-OH is 1. The molecular weight excluding hydrogens is 238 g/mol. The van der Waals surface area contributed by atoms with Gasteiger partial charge >= 0.3 is 0 Å². The van der Waals surface area contributed by atoms with E-state index in [2.05, 4.69) is 44.9 Å². The van der Waals surface area contributed by atoms with Crippen molar-refractivity contribution in [1.29, 1.82) is 0 Å². The SMILES string of the molecule is CCC(CO)CN(C)Cc1c(C)cc(C)cc1OC. The van der Waals surface area contributed by atoms with E-state index in [-0.39, 0.29) is 6.61 Å². The van der Waals surface area contributed by atoms with E-state index in [1.54, 1.807) is 7.11 Å². The van der Waals surface area contributed by atoms with Crippen molar-refractivity contribution in [3.05, 3.63) is 28.8 Å². The predicted octanol–water partition coefficient (Wildman–Crippen LogP) is 2.76. The number of hydrogen-bond donors (Lipinski definition) is 1. The van der Waals surface area contributed by atoms with Crippen molar-refractivity contribution < 1.29 is 9.84 Å². The number of benzene rings is 1. The van der Waals surface area contributed by atoms with Crippen LogP contribution in [0.1, 0.15) is 30.0 Å². The second kappa shape index (κ2) is 7.51. The minimum Gasteiger partial charge on any atom is -0.496 e. The Morgan fingerprint density at radius 3 is 2.53 bits per heavy atom. The monoisotopic (exact) mass is 265 g/mol.